The highest BCUT2D eigenvalue weighted by molar-refractivity contribution is 5.92. The number of aromatic amines is 2. The Bertz CT molecular complexity index is 1730. The van der Waals surface area contributed by atoms with Crippen LogP contribution >= 0.6 is 0 Å². The van der Waals surface area contributed by atoms with Gasteiger partial charge in [0.25, 0.3) is 0 Å². The van der Waals surface area contributed by atoms with Crippen molar-refractivity contribution in [2.24, 2.45) is 0 Å². The lowest BCUT2D eigenvalue weighted by Gasteiger charge is -2.23. The summed E-state index contributed by atoms with van der Waals surface area (Å²) in [6.07, 6.45) is 11.1. The lowest BCUT2D eigenvalue weighted by Crippen LogP contribution is -2.34. The largest absolute Gasteiger partial charge is 0.489 e. The number of ether oxygens (including phenoxy) is 1. The van der Waals surface area contributed by atoms with Gasteiger partial charge in [-0.25, -0.2) is 19.9 Å². The van der Waals surface area contributed by atoms with Gasteiger partial charge in [0.2, 0.25) is 0 Å². The van der Waals surface area contributed by atoms with E-state index in [0.29, 0.717) is 22.9 Å². The SMILES string of the molecule is Cc1cn(-c2nccc3[nH]c(-c4n[nH]c5ccc(-c6cncc(OC7CCNCC7)c6)nc45)nc23)cn1. The number of hydrogen-bond acceptors (Lipinski definition) is 8. The average molecular weight is 493 g/mol. The molecule has 11 nitrogen and oxygen atoms in total. The van der Waals surface area contributed by atoms with E-state index in [-0.39, 0.29) is 6.10 Å². The molecule has 7 rings (SSSR count). The molecule has 7 heterocycles. The summed E-state index contributed by atoms with van der Waals surface area (Å²) >= 11 is 0. The first-order valence-electron chi connectivity index (χ1n) is 12.3. The predicted octanol–water partition coefficient (Wildman–Crippen LogP) is 3.58. The van der Waals surface area contributed by atoms with E-state index in [4.69, 9.17) is 14.7 Å². The summed E-state index contributed by atoms with van der Waals surface area (Å²) in [6, 6.07) is 7.82. The van der Waals surface area contributed by atoms with Gasteiger partial charge in [0.15, 0.2) is 17.3 Å². The predicted molar refractivity (Wildman–Crippen MR) is 138 cm³/mol. The van der Waals surface area contributed by atoms with E-state index >= 15 is 0 Å². The molecule has 11 heteroatoms. The van der Waals surface area contributed by atoms with Crippen LogP contribution in [-0.2, 0) is 0 Å². The van der Waals surface area contributed by atoms with Crippen LogP contribution in [-0.4, -0.2) is 63.9 Å². The Morgan fingerprint density at radius 2 is 1.92 bits per heavy atom. The Kier molecular flexibility index (Phi) is 5.14. The molecule has 0 atom stereocenters. The summed E-state index contributed by atoms with van der Waals surface area (Å²) < 4.78 is 8.06. The van der Waals surface area contributed by atoms with Gasteiger partial charge in [-0.15, -0.1) is 0 Å². The quantitative estimate of drug-likeness (QED) is 0.332. The summed E-state index contributed by atoms with van der Waals surface area (Å²) in [5, 5.41) is 11.0. The van der Waals surface area contributed by atoms with Crippen molar-refractivity contribution < 1.29 is 4.74 Å². The molecule has 1 aliphatic rings. The Hall–Kier alpha value is -4.64. The van der Waals surface area contributed by atoms with Crippen molar-refractivity contribution in [1.29, 1.82) is 0 Å². The summed E-state index contributed by atoms with van der Waals surface area (Å²) in [5.74, 6) is 2.06. The highest BCUT2D eigenvalue weighted by atomic mass is 16.5. The number of nitrogens with one attached hydrogen (secondary N) is 3. The summed E-state index contributed by atoms with van der Waals surface area (Å²) in [5.41, 5.74) is 6.32. The molecule has 0 spiro atoms. The van der Waals surface area contributed by atoms with Gasteiger partial charge >= 0.3 is 0 Å². The number of aryl methyl sites for hydroxylation is 1. The number of H-pyrrole nitrogens is 2. The maximum Gasteiger partial charge on any atom is 0.166 e. The molecule has 0 amide bonds. The van der Waals surface area contributed by atoms with Gasteiger partial charge in [-0.1, -0.05) is 0 Å². The van der Waals surface area contributed by atoms with Crippen molar-refractivity contribution in [3.63, 3.8) is 0 Å². The van der Waals surface area contributed by atoms with Crippen LogP contribution in [0.5, 0.6) is 5.75 Å². The number of aromatic nitrogens is 9. The van der Waals surface area contributed by atoms with Crippen molar-refractivity contribution >= 4 is 22.1 Å². The van der Waals surface area contributed by atoms with Crippen molar-refractivity contribution in [3.05, 3.63) is 61.1 Å². The molecule has 0 saturated carbocycles. The molecule has 6 aromatic heterocycles. The second kappa shape index (κ2) is 8.79. The minimum atomic E-state index is 0.202. The third kappa shape index (κ3) is 3.99. The molecule has 0 bridgehead atoms. The molecule has 0 aromatic carbocycles. The van der Waals surface area contributed by atoms with Crippen LogP contribution in [0.4, 0.5) is 0 Å². The molecule has 184 valence electrons. The van der Waals surface area contributed by atoms with E-state index < -0.39 is 0 Å². The van der Waals surface area contributed by atoms with Crippen LogP contribution < -0.4 is 10.1 Å². The standard InChI is InChI=1S/C26H24N10O/c1-15-13-36(14-30-15)26-23-20(6-9-29-26)32-25(33-23)24-22-21(34-35-24)3-2-19(31-22)16-10-18(12-28-11-16)37-17-4-7-27-8-5-17/h2-3,6,9-14,17,27H,4-5,7-8H2,1H3,(H,32,33)(H,34,35). The zero-order valence-electron chi connectivity index (χ0n) is 20.1. The molecule has 1 aliphatic heterocycles. The van der Waals surface area contributed by atoms with E-state index in [1.54, 1.807) is 24.9 Å². The number of piperidine rings is 1. The fraction of sp³-hybridized carbons (Fsp3) is 0.231. The van der Waals surface area contributed by atoms with Crippen LogP contribution in [0.3, 0.4) is 0 Å². The number of nitrogens with zero attached hydrogens (tertiary/aromatic N) is 7. The van der Waals surface area contributed by atoms with Crippen molar-refractivity contribution in [2.45, 2.75) is 25.9 Å². The van der Waals surface area contributed by atoms with E-state index in [1.165, 1.54) is 0 Å². The number of rotatable bonds is 5. The molecule has 0 aliphatic carbocycles. The zero-order valence-corrected chi connectivity index (χ0v) is 20.1. The Morgan fingerprint density at radius 3 is 2.78 bits per heavy atom. The highest BCUT2D eigenvalue weighted by Gasteiger charge is 2.18. The monoisotopic (exact) mass is 492 g/mol. The van der Waals surface area contributed by atoms with E-state index in [2.05, 4.69) is 35.5 Å². The minimum Gasteiger partial charge on any atom is -0.489 e. The maximum absolute atomic E-state index is 6.19. The van der Waals surface area contributed by atoms with E-state index in [1.807, 2.05) is 42.0 Å². The zero-order chi connectivity index (χ0) is 24.8. The normalized spacial score (nSPS) is 14.5. The van der Waals surface area contributed by atoms with Gasteiger partial charge in [0.1, 0.15) is 29.2 Å². The molecule has 0 radical (unpaired) electrons. The molecule has 3 N–H and O–H groups in total. The number of imidazole rings is 2. The second-order valence-electron chi connectivity index (χ2n) is 9.18. The molecular formula is C26H24N10O. The van der Waals surface area contributed by atoms with Crippen LogP contribution in [0.2, 0.25) is 0 Å². The average Bonchev–Trinajstić information content (AvgIpc) is 3.66. The fourth-order valence-corrected chi connectivity index (χ4v) is 4.71. The Labute approximate surface area is 211 Å². The molecular weight excluding hydrogens is 468 g/mol. The third-order valence-corrected chi connectivity index (χ3v) is 6.57. The van der Waals surface area contributed by atoms with Gasteiger partial charge in [-0.05, 0) is 57.1 Å². The first-order valence-corrected chi connectivity index (χ1v) is 12.3. The van der Waals surface area contributed by atoms with E-state index in [0.717, 1.165) is 65.2 Å². The topological polar surface area (TPSA) is 135 Å². The molecule has 0 unspecified atom stereocenters. The smallest absolute Gasteiger partial charge is 0.166 e. The van der Waals surface area contributed by atoms with Crippen LogP contribution in [0.15, 0.2) is 55.4 Å². The third-order valence-electron chi connectivity index (χ3n) is 6.57. The molecule has 1 fully saturated rings. The molecule has 1 saturated heterocycles. The highest BCUT2D eigenvalue weighted by Crippen LogP contribution is 2.30. The van der Waals surface area contributed by atoms with E-state index in [9.17, 15) is 0 Å². The lowest BCUT2D eigenvalue weighted by molar-refractivity contribution is 0.162. The maximum atomic E-state index is 6.19. The summed E-state index contributed by atoms with van der Waals surface area (Å²) in [4.78, 5) is 26.4. The lowest BCUT2D eigenvalue weighted by atomic mass is 10.1. The van der Waals surface area contributed by atoms with Gasteiger partial charge in [0.05, 0.1) is 28.6 Å². The van der Waals surface area contributed by atoms with Gasteiger partial charge in [-0.3, -0.25) is 14.6 Å². The van der Waals surface area contributed by atoms with Crippen LogP contribution in [0.1, 0.15) is 18.5 Å². The van der Waals surface area contributed by atoms with Gasteiger partial charge in [-0.2, -0.15) is 5.10 Å². The summed E-state index contributed by atoms with van der Waals surface area (Å²) in [7, 11) is 0. The number of hydrogen-bond donors (Lipinski definition) is 3. The van der Waals surface area contributed by atoms with Crippen molar-refractivity contribution in [3.8, 4) is 34.3 Å². The first-order chi connectivity index (χ1) is 18.2. The molecule has 6 aromatic rings. The second-order valence-corrected chi connectivity index (χ2v) is 9.18. The Morgan fingerprint density at radius 1 is 1.00 bits per heavy atom. The minimum absolute atomic E-state index is 0.202. The Balaban J connectivity index is 1.26. The van der Waals surface area contributed by atoms with Gasteiger partial charge < -0.3 is 15.0 Å². The van der Waals surface area contributed by atoms with Crippen LogP contribution in [0.25, 0.3) is 50.7 Å². The summed E-state index contributed by atoms with van der Waals surface area (Å²) in [6.45, 7) is 3.89. The molecule has 37 heavy (non-hydrogen) atoms. The van der Waals surface area contributed by atoms with Gasteiger partial charge in [0, 0.05) is 24.2 Å². The first kappa shape index (κ1) is 21.6. The van der Waals surface area contributed by atoms with Crippen molar-refractivity contribution in [1.82, 2.24) is 50.0 Å². The number of pyridine rings is 3. The fourth-order valence-electron chi connectivity index (χ4n) is 4.71. The number of fused-ring (bicyclic) bond motifs is 2. The van der Waals surface area contributed by atoms with Crippen LogP contribution in [0, 0.1) is 6.92 Å². The van der Waals surface area contributed by atoms with Crippen molar-refractivity contribution in [2.75, 3.05) is 13.1 Å².